The van der Waals surface area contributed by atoms with Crippen LogP contribution >= 0.6 is 23.2 Å². The molecule has 3 nitrogen and oxygen atoms in total. The highest BCUT2D eigenvalue weighted by Crippen LogP contribution is 2.15. The lowest BCUT2D eigenvalue weighted by atomic mass is 10.2. The molecule has 0 saturated heterocycles. The fourth-order valence-corrected chi connectivity index (χ4v) is 1.48. The first-order valence-corrected chi connectivity index (χ1v) is 6.07. The zero-order chi connectivity index (χ0) is 12.5. The second-order valence-corrected chi connectivity index (χ2v) is 4.07. The van der Waals surface area contributed by atoms with Crippen molar-refractivity contribution in [2.45, 2.75) is 12.7 Å². The van der Waals surface area contributed by atoms with E-state index in [4.69, 9.17) is 37.9 Å². The van der Waals surface area contributed by atoms with Gasteiger partial charge in [0.1, 0.15) is 0 Å². The van der Waals surface area contributed by atoms with Crippen LogP contribution in [0.25, 0.3) is 0 Å². The summed E-state index contributed by atoms with van der Waals surface area (Å²) in [6, 6.07) is 9.41. The Kier molecular flexibility index (Phi) is 6.99. The van der Waals surface area contributed by atoms with Crippen LogP contribution in [0.15, 0.2) is 24.3 Å². The Bertz CT molecular complexity index is 379. The van der Waals surface area contributed by atoms with Crippen molar-refractivity contribution in [1.29, 1.82) is 5.26 Å². The maximum absolute atomic E-state index is 8.78. The molecule has 0 aliphatic heterocycles. The van der Waals surface area contributed by atoms with Gasteiger partial charge in [-0.05, 0) is 11.6 Å². The molecule has 0 aliphatic carbocycles. The lowest BCUT2D eigenvalue weighted by Gasteiger charge is -2.10. The normalized spacial score (nSPS) is 12.1. The predicted molar refractivity (Wildman–Crippen MR) is 67.2 cm³/mol. The number of nitrogens with zero attached hydrogens (tertiary/aromatic N) is 1. The Morgan fingerprint density at radius 1 is 1.35 bits per heavy atom. The van der Waals surface area contributed by atoms with Gasteiger partial charge in [0.15, 0.2) is 6.10 Å². The molecule has 0 bridgehead atoms. The van der Waals surface area contributed by atoms with Crippen LogP contribution < -0.4 is 0 Å². The lowest BCUT2D eigenvalue weighted by molar-refractivity contribution is 0.0116. The maximum Gasteiger partial charge on any atom is 0.167 e. The fraction of sp³-hybridized carbons (Fsp3) is 0.417. The summed E-state index contributed by atoms with van der Waals surface area (Å²) in [7, 11) is 0. The topological polar surface area (TPSA) is 42.2 Å². The van der Waals surface area contributed by atoms with Crippen LogP contribution in [0.5, 0.6) is 0 Å². The van der Waals surface area contributed by atoms with E-state index in [0.29, 0.717) is 24.1 Å². The number of hydrogen-bond acceptors (Lipinski definition) is 3. The largest absolute Gasteiger partial charge is 0.373 e. The highest BCUT2D eigenvalue weighted by Gasteiger charge is 2.08. The van der Waals surface area contributed by atoms with E-state index < -0.39 is 6.10 Å². The van der Waals surface area contributed by atoms with Gasteiger partial charge in [-0.3, -0.25) is 0 Å². The van der Waals surface area contributed by atoms with E-state index in [-0.39, 0.29) is 6.61 Å². The van der Waals surface area contributed by atoms with Gasteiger partial charge in [-0.1, -0.05) is 29.8 Å². The average Bonchev–Trinajstić information content (AvgIpc) is 2.35. The summed E-state index contributed by atoms with van der Waals surface area (Å²) >= 11 is 11.4. The summed E-state index contributed by atoms with van der Waals surface area (Å²) in [5, 5.41) is 9.44. The second-order valence-electron chi connectivity index (χ2n) is 3.28. The van der Waals surface area contributed by atoms with Crippen LogP contribution in [0.2, 0.25) is 5.02 Å². The zero-order valence-electron chi connectivity index (χ0n) is 9.23. The minimum Gasteiger partial charge on any atom is -0.373 e. The third kappa shape index (κ3) is 5.38. The Labute approximate surface area is 111 Å². The van der Waals surface area contributed by atoms with Crippen molar-refractivity contribution >= 4 is 23.2 Å². The SMILES string of the molecule is N#CC(COCc1ccccc1Cl)OCCCl. The van der Waals surface area contributed by atoms with Gasteiger partial charge in [-0.2, -0.15) is 5.26 Å². The van der Waals surface area contributed by atoms with Crippen molar-refractivity contribution in [1.82, 2.24) is 0 Å². The molecule has 0 amide bonds. The van der Waals surface area contributed by atoms with Gasteiger partial charge in [-0.15, -0.1) is 11.6 Å². The maximum atomic E-state index is 8.78. The molecule has 0 N–H and O–H groups in total. The minimum absolute atomic E-state index is 0.207. The number of nitriles is 1. The molecule has 0 aliphatic rings. The average molecular weight is 274 g/mol. The molecule has 1 aromatic carbocycles. The third-order valence-corrected chi connectivity index (χ3v) is 2.55. The molecule has 0 heterocycles. The summed E-state index contributed by atoms with van der Waals surface area (Å²) in [4.78, 5) is 0. The lowest BCUT2D eigenvalue weighted by Crippen LogP contribution is -2.19. The molecule has 1 atom stereocenters. The first-order valence-electron chi connectivity index (χ1n) is 5.16. The van der Waals surface area contributed by atoms with E-state index in [9.17, 15) is 0 Å². The van der Waals surface area contributed by atoms with Gasteiger partial charge >= 0.3 is 0 Å². The highest BCUT2D eigenvalue weighted by molar-refractivity contribution is 6.31. The summed E-state index contributed by atoms with van der Waals surface area (Å²) in [6.07, 6.45) is -0.587. The van der Waals surface area contributed by atoms with Gasteiger partial charge in [0.25, 0.3) is 0 Å². The van der Waals surface area contributed by atoms with E-state index in [0.717, 1.165) is 5.56 Å². The molecular weight excluding hydrogens is 261 g/mol. The number of halogens is 2. The monoisotopic (exact) mass is 273 g/mol. The van der Waals surface area contributed by atoms with Crippen LogP contribution in [-0.2, 0) is 16.1 Å². The van der Waals surface area contributed by atoms with Gasteiger partial charge in [0.05, 0.1) is 25.9 Å². The van der Waals surface area contributed by atoms with Crippen molar-refractivity contribution in [3.05, 3.63) is 34.9 Å². The van der Waals surface area contributed by atoms with E-state index in [1.54, 1.807) is 6.07 Å². The number of benzene rings is 1. The third-order valence-electron chi connectivity index (χ3n) is 2.02. The Balaban J connectivity index is 2.32. The molecule has 0 saturated carbocycles. The first-order chi connectivity index (χ1) is 8.27. The Morgan fingerprint density at radius 3 is 2.76 bits per heavy atom. The van der Waals surface area contributed by atoms with Crippen molar-refractivity contribution in [2.75, 3.05) is 19.1 Å². The summed E-state index contributed by atoms with van der Waals surface area (Å²) in [6.45, 7) is 0.913. The standard InChI is InChI=1S/C12H13Cl2NO2/c13-5-6-17-11(7-15)9-16-8-10-3-1-2-4-12(10)14/h1-4,11H,5-6,8-9H2. The molecule has 5 heteroatoms. The van der Waals surface area contributed by atoms with Crippen LogP contribution in [0.3, 0.4) is 0 Å². The van der Waals surface area contributed by atoms with Crippen molar-refractivity contribution in [3.8, 4) is 6.07 Å². The van der Waals surface area contributed by atoms with Gasteiger partial charge < -0.3 is 9.47 Å². The molecule has 1 rings (SSSR count). The van der Waals surface area contributed by atoms with Gasteiger partial charge in [-0.25, -0.2) is 0 Å². The number of rotatable bonds is 7. The molecule has 1 unspecified atom stereocenters. The highest BCUT2D eigenvalue weighted by atomic mass is 35.5. The van der Waals surface area contributed by atoms with Crippen LogP contribution in [0.1, 0.15) is 5.56 Å². The van der Waals surface area contributed by atoms with E-state index in [1.165, 1.54) is 0 Å². The van der Waals surface area contributed by atoms with Crippen LogP contribution in [0.4, 0.5) is 0 Å². The first kappa shape index (κ1) is 14.3. The number of ether oxygens (including phenoxy) is 2. The molecule has 0 aromatic heterocycles. The second kappa shape index (κ2) is 8.32. The van der Waals surface area contributed by atoms with Crippen molar-refractivity contribution in [3.63, 3.8) is 0 Å². The van der Waals surface area contributed by atoms with Gasteiger partial charge in [0, 0.05) is 10.9 Å². The molecule has 0 radical (unpaired) electrons. The van der Waals surface area contributed by atoms with Crippen molar-refractivity contribution < 1.29 is 9.47 Å². The molecular formula is C12H13Cl2NO2. The fourth-order valence-electron chi connectivity index (χ4n) is 1.20. The van der Waals surface area contributed by atoms with Crippen LogP contribution in [0, 0.1) is 11.3 Å². The predicted octanol–water partition coefficient (Wildman–Crippen LogP) is 3.00. The van der Waals surface area contributed by atoms with Crippen LogP contribution in [-0.4, -0.2) is 25.2 Å². The zero-order valence-corrected chi connectivity index (χ0v) is 10.7. The summed E-state index contributed by atoms with van der Waals surface area (Å²) in [5.41, 5.74) is 0.892. The molecule has 1 aromatic rings. The molecule has 17 heavy (non-hydrogen) atoms. The number of alkyl halides is 1. The summed E-state index contributed by atoms with van der Waals surface area (Å²) < 4.78 is 10.5. The molecule has 0 spiro atoms. The van der Waals surface area contributed by atoms with E-state index in [2.05, 4.69) is 0 Å². The summed E-state index contributed by atoms with van der Waals surface area (Å²) in [5.74, 6) is 0.364. The smallest absolute Gasteiger partial charge is 0.167 e. The molecule has 92 valence electrons. The minimum atomic E-state index is -0.587. The van der Waals surface area contributed by atoms with E-state index >= 15 is 0 Å². The Morgan fingerprint density at radius 2 is 2.12 bits per heavy atom. The van der Waals surface area contributed by atoms with Crippen molar-refractivity contribution in [2.24, 2.45) is 0 Å². The quantitative estimate of drug-likeness (QED) is 0.718. The van der Waals surface area contributed by atoms with E-state index in [1.807, 2.05) is 24.3 Å². The number of hydrogen-bond donors (Lipinski definition) is 0. The molecule has 0 fully saturated rings. The Hall–Kier alpha value is -0.790. The van der Waals surface area contributed by atoms with Gasteiger partial charge in [0.2, 0.25) is 0 Å².